The van der Waals surface area contributed by atoms with Gasteiger partial charge in [0.1, 0.15) is 5.75 Å². The Labute approximate surface area is 104 Å². The first kappa shape index (κ1) is 12.1. The highest BCUT2D eigenvalue weighted by Gasteiger charge is 2.04. The number of carbonyl (C=O) groups excluding carboxylic acids is 1. The third-order valence-corrected chi connectivity index (χ3v) is 2.21. The summed E-state index contributed by atoms with van der Waals surface area (Å²) < 4.78 is 10.4. The van der Waals surface area contributed by atoms with Gasteiger partial charge in [-0.1, -0.05) is 0 Å². The molecule has 6 nitrogen and oxygen atoms in total. The minimum absolute atomic E-state index is 0.00768. The number of nitrogens with zero attached hydrogens (tertiary/aromatic N) is 2. The van der Waals surface area contributed by atoms with Crippen molar-refractivity contribution >= 4 is 5.91 Å². The average molecular weight is 247 g/mol. The molecule has 1 aromatic carbocycles. The van der Waals surface area contributed by atoms with E-state index < -0.39 is 0 Å². The molecule has 1 aromatic heterocycles. The molecule has 0 aliphatic carbocycles. The molecule has 1 amide bonds. The standard InChI is InChI=1S/C12H13N3O3/c1-2-13-11(16)7-17-10-5-3-9(4-6-10)12-15-14-8-18-12/h3-6,8H,2,7H2,1H3,(H,13,16). The van der Waals surface area contributed by atoms with E-state index in [1.807, 2.05) is 6.92 Å². The van der Waals surface area contributed by atoms with Gasteiger partial charge < -0.3 is 14.5 Å². The minimum atomic E-state index is -0.140. The molecule has 0 radical (unpaired) electrons. The van der Waals surface area contributed by atoms with Gasteiger partial charge in [0.25, 0.3) is 5.91 Å². The van der Waals surface area contributed by atoms with Crippen LogP contribution in [0.5, 0.6) is 5.75 Å². The number of rotatable bonds is 5. The van der Waals surface area contributed by atoms with Crippen LogP contribution >= 0.6 is 0 Å². The predicted octanol–water partition coefficient (Wildman–Crippen LogP) is 1.25. The molecule has 0 saturated carbocycles. The second-order valence-corrected chi connectivity index (χ2v) is 3.51. The van der Waals surface area contributed by atoms with Crippen LogP contribution in [0.2, 0.25) is 0 Å². The lowest BCUT2D eigenvalue weighted by atomic mass is 10.2. The number of hydrogen-bond donors (Lipinski definition) is 1. The van der Waals surface area contributed by atoms with Gasteiger partial charge in [0.05, 0.1) is 0 Å². The number of nitrogens with one attached hydrogen (secondary N) is 1. The summed E-state index contributed by atoms with van der Waals surface area (Å²) in [6.45, 7) is 2.46. The molecule has 6 heteroatoms. The largest absolute Gasteiger partial charge is 0.484 e. The van der Waals surface area contributed by atoms with Crippen LogP contribution in [0.3, 0.4) is 0 Å². The Morgan fingerprint density at radius 1 is 1.39 bits per heavy atom. The third-order valence-electron chi connectivity index (χ3n) is 2.21. The first-order chi connectivity index (χ1) is 8.79. The lowest BCUT2D eigenvalue weighted by Crippen LogP contribution is -2.28. The summed E-state index contributed by atoms with van der Waals surface area (Å²) in [7, 11) is 0. The van der Waals surface area contributed by atoms with Crippen molar-refractivity contribution in [2.45, 2.75) is 6.92 Å². The van der Waals surface area contributed by atoms with Crippen molar-refractivity contribution in [3.63, 3.8) is 0 Å². The van der Waals surface area contributed by atoms with Crippen molar-refractivity contribution in [1.82, 2.24) is 15.5 Å². The van der Waals surface area contributed by atoms with E-state index in [1.54, 1.807) is 24.3 Å². The Hall–Kier alpha value is -2.37. The first-order valence-corrected chi connectivity index (χ1v) is 5.55. The van der Waals surface area contributed by atoms with Gasteiger partial charge in [-0.15, -0.1) is 10.2 Å². The Kier molecular flexibility index (Phi) is 3.90. The summed E-state index contributed by atoms with van der Waals surface area (Å²) in [4.78, 5) is 11.2. The Balaban J connectivity index is 1.94. The molecule has 2 rings (SSSR count). The second kappa shape index (κ2) is 5.81. The monoisotopic (exact) mass is 247 g/mol. The van der Waals surface area contributed by atoms with Gasteiger partial charge in [-0.2, -0.15) is 0 Å². The van der Waals surface area contributed by atoms with Crippen LogP contribution in [0, 0.1) is 0 Å². The number of aromatic nitrogens is 2. The van der Waals surface area contributed by atoms with Gasteiger partial charge in [-0.3, -0.25) is 4.79 Å². The SMILES string of the molecule is CCNC(=O)COc1ccc(-c2nnco2)cc1. The molecule has 0 atom stereocenters. The first-order valence-electron chi connectivity index (χ1n) is 5.55. The highest BCUT2D eigenvalue weighted by atomic mass is 16.5. The lowest BCUT2D eigenvalue weighted by molar-refractivity contribution is -0.122. The zero-order valence-corrected chi connectivity index (χ0v) is 9.92. The van der Waals surface area contributed by atoms with Gasteiger partial charge in [-0.25, -0.2) is 0 Å². The Morgan fingerprint density at radius 2 is 2.17 bits per heavy atom. The van der Waals surface area contributed by atoms with Crippen LogP contribution in [0.25, 0.3) is 11.5 Å². The number of hydrogen-bond acceptors (Lipinski definition) is 5. The summed E-state index contributed by atoms with van der Waals surface area (Å²) in [6, 6.07) is 7.08. The van der Waals surface area contributed by atoms with Crippen molar-refractivity contribution in [2.75, 3.05) is 13.2 Å². The molecule has 1 N–H and O–H groups in total. The normalized spacial score (nSPS) is 10.1. The molecule has 0 fully saturated rings. The fraction of sp³-hybridized carbons (Fsp3) is 0.250. The zero-order chi connectivity index (χ0) is 12.8. The van der Waals surface area contributed by atoms with Gasteiger partial charge in [0.15, 0.2) is 6.61 Å². The van der Waals surface area contributed by atoms with E-state index in [4.69, 9.17) is 9.15 Å². The van der Waals surface area contributed by atoms with Crippen molar-refractivity contribution in [2.24, 2.45) is 0 Å². The van der Waals surface area contributed by atoms with E-state index in [1.165, 1.54) is 6.39 Å². The number of benzene rings is 1. The predicted molar refractivity (Wildman–Crippen MR) is 63.9 cm³/mol. The molecule has 18 heavy (non-hydrogen) atoms. The minimum Gasteiger partial charge on any atom is -0.484 e. The fourth-order valence-electron chi connectivity index (χ4n) is 1.39. The number of amides is 1. The van der Waals surface area contributed by atoms with Crippen LogP contribution < -0.4 is 10.1 Å². The van der Waals surface area contributed by atoms with Gasteiger partial charge in [0, 0.05) is 12.1 Å². The number of likely N-dealkylation sites (N-methyl/N-ethyl adjacent to an activating group) is 1. The summed E-state index contributed by atoms with van der Waals surface area (Å²) in [5, 5.41) is 10.0. The van der Waals surface area contributed by atoms with Crippen LogP contribution in [0.4, 0.5) is 0 Å². The van der Waals surface area contributed by atoms with Gasteiger partial charge in [0.2, 0.25) is 12.3 Å². The van der Waals surface area contributed by atoms with Gasteiger partial charge >= 0.3 is 0 Å². The molecule has 0 bridgehead atoms. The van der Waals surface area contributed by atoms with Crippen LogP contribution in [-0.2, 0) is 4.79 Å². The maximum absolute atomic E-state index is 11.2. The maximum Gasteiger partial charge on any atom is 0.257 e. The molecular formula is C12H13N3O3. The molecule has 0 aliphatic rings. The molecule has 1 heterocycles. The smallest absolute Gasteiger partial charge is 0.257 e. The van der Waals surface area contributed by atoms with Crippen LogP contribution in [0.15, 0.2) is 35.1 Å². The molecule has 2 aromatic rings. The van der Waals surface area contributed by atoms with E-state index in [0.29, 0.717) is 18.2 Å². The van der Waals surface area contributed by atoms with E-state index in [0.717, 1.165) is 5.56 Å². The van der Waals surface area contributed by atoms with Crippen molar-refractivity contribution in [1.29, 1.82) is 0 Å². The number of carbonyl (C=O) groups is 1. The van der Waals surface area contributed by atoms with Crippen molar-refractivity contribution in [3.05, 3.63) is 30.7 Å². The molecule has 94 valence electrons. The highest BCUT2D eigenvalue weighted by Crippen LogP contribution is 2.19. The van der Waals surface area contributed by atoms with Gasteiger partial charge in [-0.05, 0) is 31.2 Å². The van der Waals surface area contributed by atoms with Crippen molar-refractivity contribution in [3.8, 4) is 17.2 Å². The number of ether oxygens (including phenoxy) is 1. The molecular weight excluding hydrogens is 234 g/mol. The van der Waals surface area contributed by atoms with E-state index in [2.05, 4.69) is 15.5 Å². The molecule has 0 unspecified atom stereocenters. The Bertz CT molecular complexity index is 494. The topological polar surface area (TPSA) is 77.2 Å². The average Bonchev–Trinajstić information content (AvgIpc) is 2.91. The van der Waals surface area contributed by atoms with Crippen LogP contribution in [-0.4, -0.2) is 29.3 Å². The Morgan fingerprint density at radius 3 is 2.78 bits per heavy atom. The molecule has 0 saturated heterocycles. The molecule has 0 spiro atoms. The van der Waals surface area contributed by atoms with E-state index in [-0.39, 0.29) is 12.5 Å². The lowest BCUT2D eigenvalue weighted by Gasteiger charge is -2.06. The van der Waals surface area contributed by atoms with E-state index in [9.17, 15) is 4.79 Å². The van der Waals surface area contributed by atoms with E-state index >= 15 is 0 Å². The van der Waals surface area contributed by atoms with Crippen LogP contribution in [0.1, 0.15) is 6.92 Å². The maximum atomic E-state index is 11.2. The zero-order valence-electron chi connectivity index (χ0n) is 9.92. The van der Waals surface area contributed by atoms with Crippen molar-refractivity contribution < 1.29 is 13.9 Å². The fourth-order valence-corrected chi connectivity index (χ4v) is 1.39. The quantitative estimate of drug-likeness (QED) is 0.860. The third kappa shape index (κ3) is 3.07. The molecule has 0 aliphatic heterocycles. The summed E-state index contributed by atoms with van der Waals surface area (Å²) in [6.07, 6.45) is 1.27. The summed E-state index contributed by atoms with van der Waals surface area (Å²) >= 11 is 0. The summed E-state index contributed by atoms with van der Waals surface area (Å²) in [5.41, 5.74) is 0.804. The highest BCUT2D eigenvalue weighted by molar-refractivity contribution is 5.77. The summed E-state index contributed by atoms with van der Waals surface area (Å²) in [5.74, 6) is 0.924. The second-order valence-electron chi connectivity index (χ2n) is 3.51.